The lowest BCUT2D eigenvalue weighted by molar-refractivity contribution is -0.232. The molecule has 0 unspecified atom stereocenters. The standard InChI is InChI=1S/C13H24N2O9S/c16-1-4-7(19)8(20)5(2-17)15(4)13(25)14-12-11(23)10(22)9(21)6(3-18)24-12/h4-12,16-23H,1-3H2,(H,14,25)/t4-,5-,6-,7-,8-,9-,10+,11-,12-/m1/s1. The minimum atomic E-state index is -1.61. The highest BCUT2D eigenvalue weighted by Crippen LogP contribution is 2.26. The number of aliphatic hydroxyl groups excluding tert-OH is 8. The smallest absolute Gasteiger partial charge is 0.171 e. The van der Waals surface area contributed by atoms with Crippen LogP contribution in [-0.2, 0) is 4.74 Å². The van der Waals surface area contributed by atoms with E-state index >= 15 is 0 Å². The van der Waals surface area contributed by atoms with Gasteiger partial charge < -0.3 is 55.8 Å². The van der Waals surface area contributed by atoms with Gasteiger partial charge in [-0.15, -0.1) is 0 Å². The highest BCUT2D eigenvalue weighted by molar-refractivity contribution is 7.80. The number of nitrogens with zero attached hydrogens (tertiary/aromatic N) is 1. The van der Waals surface area contributed by atoms with Gasteiger partial charge in [-0.05, 0) is 12.2 Å². The monoisotopic (exact) mass is 384 g/mol. The molecular weight excluding hydrogens is 360 g/mol. The normalized spacial score (nSPS) is 44.8. The quantitative estimate of drug-likeness (QED) is 0.210. The van der Waals surface area contributed by atoms with E-state index < -0.39 is 74.8 Å². The SMILES string of the molecule is OC[C@@H]1[C@@H](O)[C@H](O)[C@@H](CO)N1C(=S)N[C@@H]1O[C@H](CO)[C@@H](O)[C@H](O)[C@H]1O. The summed E-state index contributed by atoms with van der Waals surface area (Å²) < 4.78 is 5.27. The summed E-state index contributed by atoms with van der Waals surface area (Å²) in [7, 11) is 0. The van der Waals surface area contributed by atoms with Gasteiger partial charge >= 0.3 is 0 Å². The van der Waals surface area contributed by atoms with Gasteiger partial charge in [-0.2, -0.15) is 0 Å². The highest BCUT2D eigenvalue weighted by atomic mass is 32.1. The number of ether oxygens (including phenoxy) is 1. The van der Waals surface area contributed by atoms with Crippen LogP contribution in [0.15, 0.2) is 0 Å². The number of rotatable bonds is 4. The second-order valence-corrected chi connectivity index (χ2v) is 6.47. The van der Waals surface area contributed by atoms with Crippen molar-refractivity contribution in [2.45, 2.75) is 54.9 Å². The third-order valence-corrected chi connectivity index (χ3v) is 4.95. The first-order valence-electron chi connectivity index (χ1n) is 7.75. The summed E-state index contributed by atoms with van der Waals surface area (Å²) in [6, 6.07) is -2.01. The van der Waals surface area contributed by atoms with Crippen LogP contribution in [0.5, 0.6) is 0 Å². The molecule has 9 atom stereocenters. The summed E-state index contributed by atoms with van der Waals surface area (Å²) in [5.74, 6) is 0. The van der Waals surface area contributed by atoms with Crippen molar-refractivity contribution in [2.75, 3.05) is 19.8 Å². The van der Waals surface area contributed by atoms with E-state index in [0.717, 1.165) is 0 Å². The molecule has 2 saturated heterocycles. The van der Waals surface area contributed by atoms with Gasteiger partial charge in [0.25, 0.3) is 0 Å². The van der Waals surface area contributed by atoms with Crippen molar-refractivity contribution in [2.24, 2.45) is 0 Å². The maximum Gasteiger partial charge on any atom is 0.171 e. The fourth-order valence-corrected chi connectivity index (χ4v) is 3.53. The molecule has 0 spiro atoms. The van der Waals surface area contributed by atoms with Crippen LogP contribution in [0.4, 0.5) is 0 Å². The zero-order chi connectivity index (χ0) is 18.9. The molecule has 0 bridgehead atoms. The second-order valence-electron chi connectivity index (χ2n) is 6.09. The molecule has 0 radical (unpaired) electrons. The Morgan fingerprint density at radius 2 is 1.32 bits per heavy atom. The molecule has 11 nitrogen and oxygen atoms in total. The summed E-state index contributed by atoms with van der Waals surface area (Å²) in [4.78, 5) is 1.19. The predicted molar refractivity (Wildman–Crippen MR) is 85.1 cm³/mol. The van der Waals surface area contributed by atoms with E-state index in [1.54, 1.807) is 0 Å². The lowest BCUT2D eigenvalue weighted by Crippen LogP contribution is -2.65. The van der Waals surface area contributed by atoms with E-state index in [1.165, 1.54) is 4.90 Å². The van der Waals surface area contributed by atoms with E-state index in [-0.39, 0.29) is 5.11 Å². The zero-order valence-corrected chi connectivity index (χ0v) is 14.0. The summed E-state index contributed by atoms with van der Waals surface area (Å²) in [5, 5.41) is 79.9. The van der Waals surface area contributed by atoms with Crippen LogP contribution in [-0.4, -0.2) is 126 Å². The molecule has 9 N–H and O–H groups in total. The average molecular weight is 384 g/mol. The minimum Gasteiger partial charge on any atom is -0.394 e. The van der Waals surface area contributed by atoms with Crippen LogP contribution in [0.3, 0.4) is 0 Å². The summed E-state index contributed by atoms with van der Waals surface area (Å²) in [6.07, 6.45) is -9.91. The number of aliphatic hydroxyl groups is 8. The van der Waals surface area contributed by atoms with Crippen molar-refractivity contribution in [3.63, 3.8) is 0 Å². The number of hydrogen-bond donors (Lipinski definition) is 9. The van der Waals surface area contributed by atoms with Crippen LogP contribution >= 0.6 is 12.2 Å². The van der Waals surface area contributed by atoms with Crippen LogP contribution < -0.4 is 5.32 Å². The first-order valence-corrected chi connectivity index (χ1v) is 8.16. The Hall–Kier alpha value is -0.670. The van der Waals surface area contributed by atoms with Crippen molar-refractivity contribution in [1.82, 2.24) is 10.2 Å². The molecule has 0 aromatic carbocycles. The topological polar surface area (TPSA) is 186 Å². The van der Waals surface area contributed by atoms with E-state index in [9.17, 15) is 40.9 Å². The van der Waals surface area contributed by atoms with Crippen LogP contribution in [0, 0.1) is 0 Å². The third-order valence-electron chi connectivity index (χ3n) is 4.62. The molecule has 0 aliphatic carbocycles. The van der Waals surface area contributed by atoms with Gasteiger partial charge in [0.05, 0.1) is 31.9 Å². The van der Waals surface area contributed by atoms with E-state index in [1.807, 2.05) is 0 Å². The molecule has 2 fully saturated rings. The third kappa shape index (κ3) is 3.73. The molecular formula is C13H24N2O9S. The Bertz CT molecular complexity index is 455. The fourth-order valence-electron chi connectivity index (χ4n) is 3.14. The first-order chi connectivity index (χ1) is 11.8. The van der Waals surface area contributed by atoms with E-state index in [4.69, 9.17) is 17.0 Å². The Morgan fingerprint density at radius 1 is 0.800 bits per heavy atom. The minimum absolute atomic E-state index is 0.168. The van der Waals surface area contributed by atoms with Crippen molar-refractivity contribution < 1.29 is 45.6 Å². The van der Waals surface area contributed by atoms with Crippen LogP contribution in [0.25, 0.3) is 0 Å². The summed E-state index contributed by atoms with van der Waals surface area (Å²) >= 11 is 5.16. The van der Waals surface area contributed by atoms with Crippen molar-refractivity contribution in [1.29, 1.82) is 0 Å². The molecule has 0 amide bonds. The van der Waals surface area contributed by atoms with Gasteiger partial charge in [-0.1, -0.05) is 0 Å². The van der Waals surface area contributed by atoms with Crippen LogP contribution in [0.1, 0.15) is 0 Å². The Balaban J connectivity index is 2.14. The Morgan fingerprint density at radius 3 is 1.76 bits per heavy atom. The molecule has 2 aliphatic heterocycles. The number of likely N-dealkylation sites (tertiary alicyclic amines) is 1. The molecule has 0 aromatic heterocycles. The maximum atomic E-state index is 10.0. The molecule has 12 heteroatoms. The lowest BCUT2D eigenvalue weighted by Gasteiger charge is -2.42. The molecule has 0 saturated carbocycles. The van der Waals surface area contributed by atoms with Gasteiger partial charge in [0, 0.05) is 0 Å². The molecule has 2 heterocycles. The predicted octanol–water partition coefficient (Wildman–Crippen LogP) is -5.58. The van der Waals surface area contributed by atoms with Gasteiger partial charge in [0.2, 0.25) is 0 Å². The van der Waals surface area contributed by atoms with E-state index in [0.29, 0.717) is 0 Å². The van der Waals surface area contributed by atoms with Gasteiger partial charge in [-0.3, -0.25) is 0 Å². The molecule has 25 heavy (non-hydrogen) atoms. The molecule has 0 aromatic rings. The molecule has 2 rings (SSSR count). The number of nitrogens with one attached hydrogen (secondary N) is 1. The van der Waals surface area contributed by atoms with E-state index in [2.05, 4.69) is 5.32 Å². The summed E-state index contributed by atoms with van der Waals surface area (Å²) in [5.41, 5.74) is 0. The van der Waals surface area contributed by atoms with Gasteiger partial charge in [0.15, 0.2) is 11.3 Å². The number of thiocarbonyl (C=S) groups is 1. The van der Waals surface area contributed by atoms with Gasteiger partial charge in [0.1, 0.15) is 36.6 Å². The first kappa shape index (κ1) is 20.6. The lowest BCUT2D eigenvalue weighted by atomic mass is 9.98. The Labute approximate surface area is 148 Å². The second kappa shape index (κ2) is 8.35. The molecule has 2 aliphatic rings. The molecule has 146 valence electrons. The number of hydrogen-bond acceptors (Lipinski definition) is 10. The van der Waals surface area contributed by atoms with Gasteiger partial charge in [-0.25, -0.2) is 0 Å². The Kier molecular flexibility index (Phi) is 6.89. The highest BCUT2D eigenvalue weighted by Gasteiger charge is 2.50. The zero-order valence-electron chi connectivity index (χ0n) is 13.2. The van der Waals surface area contributed by atoms with Crippen molar-refractivity contribution in [3.8, 4) is 0 Å². The maximum absolute atomic E-state index is 10.0. The van der Waals surface area contributed by atoms with Crippen molar-refractivity contribution in [3.05, 3.63) is 0 Å². The summed E-state index contributed by atoms with van der Waals surface area (Å²) in [6.45, 7) is -1.74. The fraction of sp³-hybridized carbons (Fsp3) is 0.923. The average Bonchev–Trinajstić information content (AvgIpc) is 2.85. The van der Waals surface area contributed by atoms with Crippen LogP contribution in [0.2, 0.25) is 0 Å². The van der Waals surface area contributed by atoms with Crippen molar-refractivity contribution >= 4 is 17.3 Å². The largest absolute Gasteiger partial charge is 0.394 e.